The summed E-state index contributed by atoms with van der Waals surface area (Å²) in [6.45, 7) is 4.26. The van der Waals surface area contributed by atoms with Gasteiger partial charge in [-0.1, -0.05) is 50.2 Å². The smallest absolute Gasteiger partial charge is 0.444 e. The molecule has 0 aliphatic carbocycles. The summed E-state index contributed by atoms with van der Waals surface area (Å²) in [5.41, 5.74) is 6.71. The minimum atomic E-state index is -3.87. The number of benzene rings is 2. The first-order valence-corrected chi connectivity index (χ1v) is 12.2. The average molecular weight is 454 g/mol. The van der Waals surface area contributed by atoms with Crippen molar-refractivity contribution in [3.05, 3.63) is 77.7 Å². The summed E-state index contributed by atoms with van der Waals surface area (Å²) in [4.78, 5) is 5.45. The summed E-state index contributed by atoms with van der Waals surface area (Å²) in [6.07, 6.45) is 0.818. The first-order valence-electron chi connectivity index (χ1n) is 9.88. The van der Waals surface area contributed by atoms with Crippen molar-refractivity contribution in [3.63, 3.8) is 0 Å². The molecule has 160 valence electrons. The Kier molecular flexibility index (Phi) is 6.16. The molecule has 2 heterocycles. The zero-order valence-electron chi connectivity index (χ0n) is 17.2. The van der Waals surface area contributed by atoms with E-state index in [1.807, 2.05) is 12.1 Å². The molecule has 0 saturated heterocycles. The number of para-hydroxylation sites is 2. The molecule has 2 aromatic carbocycles. The van der Waals surface area contributed by atoms with E-state index in [1.54, 1.807) is 60.7 Å². The van der Waals surface area contributed by atoms with E-state index >= 15 is 0 Å². The summed E-state index contributed by atoms with van der Waals surface area (Å²) in [6, 6.07) is 21.1. The number of thiazole rings is 1. The molecule has 6 nitrogen and oxygen atoms in total. The Morgan fingerprint density at radius 2 is 1.55 bits per heavy atom. The molecule has 0 fully saturated rings. The quantitative estimate of drug-likeness (QED) is 0.321. The van der Waals surface area contributed by atoms with Gasteiger partial charge in [0.25, 0.3) is 0 Å². The van der Waals surface area contributed by atoms with Crippen molar-refractivity contribution in [2.45, 2.75) is 20.3 Å². The third kappa shape index (κ3) is 5.01. The van der Waals surface area contributed by atoms with Crippen LogP contribution >= 0.6 is 18.9 Å². The van der Waals surface area contributed by atoms with Crippen LogP contribution in [0.25, 0.3) is 11.5 Å². The van der Waals surface area contributed by atoms with E-state index in [4.69, 9.17) is 19.2 Å². The highest BCUT2D eigenvalue weighted by molar-refractivity contribution is 7.62. The molecule has 0 radical (unpaired) electrons. The van der Waals surface area contributed by atoms with Gasteiger partial charge in [0.15, 0.2) is 10.9 Å². The van der Waals surface area contributed by atoms with E-state index in [0.29, 0.717) is 34.0 Å². The van der Waals surface area contributed by atoms with Gasteiger partial charge in [0, 0.05) is 4.88 Å². The highest BCUT2D eigenvalue weighted by Crippen LogP contribution is 2.48. The van der Waals surface area contributed by atoms with E-state index in [0.717, 1.165) is 11.3 Å². The van der Waals surface area contributed by atoms with Crippen LogP contribution in [0.5, 0.6) is 11.5 Å². The standard InChI is InChI=1S/C23H23N2O4PS/c1-16(2)15-20-22(25-23(24)31-20)19-13-14-21(27-19)30(26,28-17-9-5-3-6-10-17)29-18-11-7-4-8-12-18/h3-14,16H,15H2,1-2H3,(H2,24,25). The number of nitrogens with zero attached hydrogens (tertiary/aromatic N) is 1. The van der Waals surface area contributed by atoms with Crippen LogP contribution in [0.4, 0.5) is 5.13 Å². The fourth-order valence-electron chi connectivity index (χ4n) is 3.02. The van der Waals surface area contributed by atoms with Crippen molar-refractivity contribution in [2.24, 2.45) is 5.92 Å². The first-order chi connectivity index (χ1) is 14.9. The second-order valence-electron chi connectivity index (χ2n) is 7.37. The zero-order valence-corrected chi connectivity index (χ0v) is 18.9. The first kappa shape index (κ1) is 21.2. The van der Waals surface area contributed by atoms with Crippen LogP contribution in [-0.2, 0) is 11.0 Å². The summed E-state index contributed by atoms with van der Waals surface area (Å²) in [7, 11) is -3.87. The van der Waals surface area contributed by atoms with Gasteiger partial charge >= 0.3 is 7.60 Å². The molecular formula is C23H23N2O4PS. The number of hydrogen-bond acceptors (Lipinski definition) is 7. The largest absolute Gasteiger partial charge is 0.498 e. The molecule has 4 rings (SSSR count). The molecular weight excluding hydrogens is 431 g/mol. The Bertz CT molecular complexity index is 1140. The Hall–Kier alpha value is -3.02. The van der Waals surface area contributed by atoms with Crippen LogP contribution in [0, 0.1) is 5.92 Å². The molecule has 0 saturated carbocycles. The summed E-state index contributed by atoms with van der Waals surface area (Å²) in [5, 5.41) is 0.466. The highest BCUT2D eigenvalue weighted by atomic mass is 32.1. The molecule has 0 spiro atoms. The zero-order chi connectivity index (χ0) is 21.8. The van der Waals surface area contributed by atoms with Crippen LogP contribution in [0.3, 0.4) is 0 Å². The SMILES string of the molecule is CC(C)Cc1sc(N)nc1-c1ccc(P(=O)(Oc2ccccc2)Oc2ccccc2)o1. The van der Waals surface area contributed by atoms with Crippen molar-refractivity contribution < 1.29 is 18.0 Å². The lowest BCUT2D eigenvalue weighted by molar-refractivity contribution is 0.389. The van der Waals surface area contributed by atoms with Gasteiger partial charge in [0.2, 0.25) is 5.50 Å². The van der Waals surface area contributed by atoms with Crippen LogP contribution < -0.4 is 20.3 Å². The fourth-order valence-corrected chi connectivity index (χ4v) is 5.55. The topological polar surface area (TPSA) is 87.6 Å². The molecule has 8 heteroatoms. The van der Waals surface area contributed by atoms with E-state index < -0.39 is 7.60 Å². The van der Waals surface area contributed by atoms with Crippen molar-refractivity contribution in [1.82, 2.24) is 4.98 Å². The maximum absolute atomic E-state index is 13.9. The lowest BCUT2D eigenvalue weighted by Crippen LogP contribution is -2.13. The molecule has 0 unspecified atom stereocenters. The molecule has 0 atom stereocenters. The number of hydrogen-bond donors (Lipinski definition) is 1. The normalized spacial score (nSPS) is 11.6. The number of nitrogen functional groups attached to an aromatic ring is 1. The number of rotatable bonds is 8. The van der Waals surface area contributed by atoms with Crippen molar-refractivity contribution in [2.75, 3.05) is 5.73 Å². The number of nitrogens with two attached hydrogens (primary N) is 1. The van der Waals surface area contributed by atoms with E-state index in [2.05, 4.69) is 18.8 Å². The Labute approximate surface area is 185 Å². The average Bonchev–Trinajstić information content (AvgIpc) is 3.36. The molecule has 0 bridgehead atoms. The molecule has 4 aromatic rings. The van der Waals surface area contributed by atoms with Gasteiger partial charge in [-0.15, -0.1) is 11.3 Å². The molecule has 2 N–H and O–H groups in total. The Balaban J connectivity index is 1.72. The third-order valence-electron chi connectivity index (χ3n) is 4.34. The maximum atomic E-state index is 13.9. The van der Waals surface area contributed by atoms with Gasteiger partial charge in [-0.2, -0.15) is 0 Å². The van der Waals surface area contributed by atoms with Gasteiger partial charge in [-0.25, -0.2) is 9.55 Å². The van der Waals surface area contributed by atoms with Crippen molar-refractivity contribution in [3.8, 4) is 23.0 Å². The van der Waals surface area contributed by atoms with Crippen molar-refractivity contribution in [1.29, 1.82) is 0 Å². The predicted molar refractivity (Wildman–Crippen MR) is 124 cm³/mol. The van der Waals surface area contributed by atoms with Crippen LogP contribution in [-0.4, -0.2) is 4.98 Å². The van der Waals surface area contributed by atoms with Crippen molar-refractivity contribution >= 4 is 29.6 Å². The Morgan fingerprint density at radius 3 is 2.10 bits per heavy atom. The fraction of sp³-hybridized carbons (Fsp3) is 0.174. The van der Waals surface area contributed by atoms with Crippen LogP contribution in [0.15, 0.2) is 77.2 Å². The summed E-state index contributed by atoms with van der Waals surface area (Å²) in [5.74, 6) is 1.74. The van der Waals surface area contributed by atoms with E-state index in [1.165, 1.54) is 11.3 Å². The van der Waals surface area contributed by atoms with Gasteiger partial charge in [-0.3, -0.25) is 0 Å². The van der Waals surface area contributed by atoms with Gasteiger partial charge in [0.1, 0.15) is 17.2 Å². The maximum Gasteiger partial charge on any atom is 0.498 e. The monoisotopic (exact) mass is 454 g/mol. The van der Waals surface area contributed by atoms with E-state index in [9.17, 15) is 4.57 Å². The molecule has 31 heavy (non-hydrogen) atoms. The van der Waals surface area contributed by atoms with E-state index in [-0.39, 0.29) is 5.50 Å². The highest BCUT2D eigenvalue weighted by Gasteiger charge is 2.36. The minimum absolute atomic E-state index is 0.0947. The second kappa shape index (κ2) is 9.00. The van der Waals surface area contributed by atoms with Gasteiger partial charge in [0.05, 0.1) is 0 Å². The molecule has 2 aromatic heterocycles. The second-order valence-corrected chi connectivity index (χ2v) is 10.3. The molecule has 0 aliphatic heterocycles. The lowest BCUT2D eigenvalue weighted by Gasteiger charge is -2.18. The third-order valence-corrected chi connectivity index (χ3v) is 6.93. The van der Waals surface area contributed by atoms with Gasteiger partial charge < -0.3 is 19.2 Å². The summed E-state index contributed by atoms with van der Waals surface area (Å²) >= 11 is 1.43. The number of aromatic nitrogens is 1. The number of anilines is 1. The predicted octanol–water partition coefficient (Wildman–Crippen LogP) is 6.16. The lowest BCUT2D eigenvalue weighted by atomic mass is 10.1. The van der Waals surface area contributed by atoms with Crippen LogP contribution in [0.2, 0.25) is 0 Å². The summed E-state index contributed by atoms with van der Waals surface area (Å²) < 4.78 is 31.6. The minimum Gasteiger partial charge on any atom is -0.444 e. The Morgan fingerprint density at radius 1 is 0.968 bits per heavy atom. The van der Waals surface area contributed by atoms with Crippen LogP contribution in [0.1, 0.15) is 18.7 Å². The molecule has 0 aliphatic rings. The number of furan rings is 1. The molecule has 0 amide bonds. The van der Waals surface area contributed by atoms with Gasteiger partial charge in [-0.05, 0) is 48.7 Å².